The van der Waals surface area contributed by atoms with E-state index in [1.165, 1.54) is 47.9 Å². The number of carboxylic acid groups (broad SMARTS) is 1. The maximum Gasteiger partial charge on any atom is 0.417 e. The topological polar surface area (TPSA) is 120 Å². The second-order valence-electron chi connectivity index (χ2n) is 11.6. The van der Waals surface area contributed by atoms with Crippen molar-refractivity contribution in [2.24, 2.45) is 0 Å². The summed E-state index contributed by atoms with van der Waals surface area (Å²) >= 11 is 5.49. The first-order valence-electron chi connectivity index (χ1n) is 14.7. The Morgan fingerprint density at radius 1 is 1.02 bits per heavy atom. The number of rotatable bonds is 10. The number of nitrogens with zero attached hydrogens (tertiary/aromatic N) is 5. The molecule has 2 aliphatic heterocycles. The Bertz CT molecular complexity index is 1550. The molecule has 46 heavy (non-hydrogen) atoms. The van der Waals surface area contributed by atoms with Gasteiger partial charge in [-0.25, -0.2) is 9.18 Å². The van der Waals surface area contributed by atoms with Gasteiger partial charge in [0.05, 0.1) is 28.4 Å². The molecule has 246 valence electrons. The van der Waals surface area contributed by atoms with Crippen LogP contribution in [0.15, 0.2) is 36.4 Å². The molecule has 4 rings (SSSR count). The Hall–Kier alpha value is -4.29. The molecule has 15 heteroatoms. The van der Waals surface area contributed by atoms with Crippen molar-refractivity contribution in [1.29, 1.82) is 5.26 Å². The van der Waals surface area contributed by atoms with E-state index in [9.17, 15) is 27.6 Å². The number of halogens is 4. The first-order chi connectivity index (χ1) is 21.7. The van der Waals surface area contributed by atoms with Gasteiger partial charge in [-0.05, 0) is 81.8 Å². The van der Waals surface area contributed by atoms with Crippen LogP contribution in [0.3, 0.4) is 0 Å². The molecular weight excluding hydrogens is 628 g/mol. The highest BCUT2D eigenvalue weighted by molar-refractivity contribution is 7.81. The van der Waals surface area contributed by atoms with E-state index in [4.69, 9.17) is 22.6 Å². The van der Waals surface area contributed by atoms with E-state index in [1.807, 2.05) is 0 Å². The third-order valence-electron chi connectivity index (χ3n) is 8.14. The number of unbranched alkanes of at least 4 members (excludes halogenated alkanes) is 3. The summed E-state index contributed by atoms with van der Waals surface area (Å²) in [7, 11) is 0. The van der Waals surface area contributed by atoms with E-state index in [-0.39, 0.29) is 22.1 Å². The van der Waals surface area contributed by atoms with Crippen molar-refractivity contribution in [2.45, 2.75) is 51.2 Å². The quantitative estimate of drug-likeness (QED) is 0.202. The van der Waals surface area contributed by atoms with Gasteiger partial charge in [-0.3, -0.25) is 19.4 Å². The molecule has 0 unspecified atom stereocenters. The van der Waals surface area contributed by atoms with E-state index < -0.39 is 46.6 Å². The zero-order valence-corrected chi connectivity index (χ0v) is 26.2. The average molecular weight is 663 g/mol. The van der Waals surface area contributed by atoms with Crippen LogP contribution in [0.25, 0.3) is 0 Å². The predicted molar refractivity (Wildman–Crippen MR) is 166 cm³/mol. The number of hydrogen-bond acceptors (Lipinski definition) is 6. The number of anilines is 2. The van der Waals surface area contributed by atoms with E-state index in [0.717, 1.165) is 42.8 Å². The summed E-state index contributed by atoms with van der Waals surface area (Å²) in [5.41, 5.74) is -3.50. The molecule has 0 radical (unpaired) electrons. The number of alkyl halides is 3. The number of carbonyl (C=O) groups is 3. The molecule has 2 aliphatic rings. The molecule has 10 nitrogen and oxygen atoms in total. The number of piperazine rings is 1. The highest BCUT2D eigenvalue weighted by atomic mass is 32.1. The average Bonchev–Trinajstić information content (AvgIpc) is 3.18. The normalized spacial score (nSPS) is 16.9. The Morgan fingerprint density at radius 2 is 1.67 bits per heavy atom. The molecular formula is C31H34F4N6O4S. The summed E-state index contributed by atoms with van der Waals surface area (Å²) in [6.07, 6.45) is -2.32. The van der Waals surface area contributed by atoms with E-state index in [1.54, 1.807) is 0 Å². The number of benzene rings is 2. The third kappa shape index (κ3) is 7.39. The Kier molecular flexibility index (Phi) is 10.5. The summed E-state index contributed by atoms with van der Waals surface area (Å²) < 4.78 is 56.0. The number of nitriles is 1. The van der Waals surface area contributed by atoms with E-state index in [2.05, 4.69) is 10.2 Å². The minimum absolute atomic E-state index is 0.133. The molecule has 2 fully saturated rings. The van der Waals surface area contributed by atoms with Crippen LogP contribution in [0.5, 0.6) is 0 Å². The number of amides is 3. The Labute approximate surface area is 269 Å². The molecule has 0 spiro atoms. The van der Waals surface area contributed by atoms with Crippen LogP contribution in [-0.2, 0) is 11.0 Å². The molecule has 0 aliphatic carbocycles. The number of nitrogens with one attached hydrogen (secondary N) is 1. The maximum absolute atomic E-state index is 15.2. The van der Waals surface area contributed by atoms with Crippen LogP contribution in [0.4, 0.5) is 33.7 Å². The minimum atomic E-state index is -4.84. The minimum Gasteiger partial charge on any atom is -0.465 e. The molecule has 2 saturated heterocycles. The van der Waals surface area contributed by atoms with Crippen LogP contribution >= 0.6 is 12.2 Å². The van der Waals surface area contributed by atoms with E-state index in [0.29, 0.717) is 45.2 Å². The number of hydrogen-bond donors (Lipinski definition) is 2. The molecule has 2 aromatic rings. The molecule has 0 aromatic heterocycles. The third-order valence-corrected chi connectivity index (χ3v) is 8.51. The molecule has 3 amide bonds. The first-order valence-corrected chi connectivity index (χ1v) is 15.2. The summed E-state index contributed by atoms with van der Waals surface area (Å²) in [6, 6.07) is 8.06. The van der Waals surface area contributed by atoms with Crippen LogP contribution in [0.2, 0.25) is 0 Å². The van der Waals surface area contributed by atoms with Gasteiger partial charge in [0.2, 0.25) is 0 Å². The smallest absolute Gasteiger partial charge is 0.417 e. The SMILES string of the molecule is CC1(C)C(=O)N(c2ccc(C#N)c(C(F)(F)F)c2)C(=S)N1c1ccc(C(=O)NCCCCCCN2CCN(C(=O)O)CC2)c(F)c1. The van der Waals surface area contributed by atoms with Crippen molar-refractivity contribution < 1.29 is 37.1 Å². The van der Waals surface area contributed by atoms with Gasteiger partial charge in [0.15, 0.2) is 5.11 Å². The van der Waals surface area contributed by atoms with Gasteiger partial charge in [0.1, 0.15) is 11.4 Å². The largest absolute Gasteiger partial charge is 0.465 e. The highest BCUT2D eigenvalue weighted by Crippen LogP contribution is 2.40. The summed E-state index contributed by atoms with van der Waals surface area (Å²) in [6.45, 7) is 6.63. The standard InChI is InChI=1S/C31H34F4N6O4S/c1-30(2)27(43)40(21-8-7-20(19-36)24(17-21)31(33,34)35)28(46)41(30)22-9-10-23(25(32)18-22)26(42)37-11-5-3-4-6-12-38-13-15-39(16-14-38)29(44)45/h7-10,17-18H,3-6,11-16H2,1-2H3,(H,37,42)(H,44,45). The lowest BCUT2D eigenvalue weighted by molar-refractivity contribution is -0.137. The lowest BCUT2D eigenvalue weighted by Crippen LogP contribution is -2.48. The fourth-order valence-electron chi connectivity index (χ4n) is 5.56. The number of carbonyl (C=O) groups excluding carboxylic acids is 2. The summed E-state index contributed by atoms with van der Waals surface area (Å²) in [4.78, 5) is 43.0. The molecule has 0 saturated carbocycles. The van der Waals surface area contributed by atoms with Crippen molar-refractivity contribution in [3.05, 3.63) is 58.9 Å². The summed E-state index contributed by atoms with van der Waals surface area (Å²) in [5.74, 6) is -2.13. The zero-order chi connectivity index (χ0) is 33.8. The monoisotopic (exact) mass is 662 g/mol. The van der Waals surface area contributed by atoms with Gasteiger partial charge in [-0.2, -0.15) is 18.4 Å². The highest BCUT2D eigenvalue weighted by Gasteiger charge is 2.51. The van der Waals surface area contributed by atoms with Gasteiger partial charge < -0.3 is 20.2 Å². The second-order valence-corrected chi connectivity index (χ2v) is 12.0. The summed E-state index contributed by atoms with van der Waals surface area (Å²) in [5, 5.41) is 20.7. The number of thiocarbonyl (C=S) groups is 1. The predicted octanol–water partition coefficient (Wildman–Crippen LogP) is 5.22. The van der Waals surface area contributed by atoms with Crippen molar-refractivity contribution in [1.82, 2.24) is 15.1 Å². The fourth-order valence-corrected chi connectivity index (χ4v) is 6.08. The van der Waals surface area contributed by atoms with Crippen LogP contribution < -0.4 is 15.1 Å². The molecule has 2 N–H and O–H groups in total. The van der Waals surface area contributed by atoms with Gasteiger partial charge >= 0.3 is 12.3 Å². The first kappa shape index (κ1) is 34.6. The van der Waals surface area contributed by atoms with Crippen molar-refractivity contribution in [3.8, 4) is 6.07 Å². The molecule has 2 aromatic carbocycles. The van der Waals surface area contributed by atoms with Gasteiger partial charge in [0, 0.05) is 38.4 Å². The molecule has 0 bridgehead atoms. The second kappa shape index (κ2) is 14.0. The maximum atomic E-state index is 15.2. The fraction of sp³-hybridized carbons (Fsp3) is 0.452. The van der Waals surface area contributed by atoms with E-state index >= 15 is 4.39 Å². The van der Waals surface area contributed by atoms with Crippen molar-refractivity contribution in [2.75, 3.05) is 49.1 Å². The van der Waals surface area contributed by atoms with Crippen molar-refractivity contribution in [3.63, 3.8) is 0 Å². The van der Waals surface area contributed by atoms with Crippen LogP contribution in [0.1, 0.15) is 61.0 Å². The molecule has 2 heterocycles. The lowest BCUT2D eigenvalue weighted by Gasteiger charge is -2.33. The lowest BCUT2D eigenvalue weighted by atomic mass is 10.0. The zero-order valence-electron chi connectivity index (χ0n) is 25.4. The van der Waals surface area contributed by atoms with Gasteiger partial charge in [0.25, 0.3) is 11.8 Å². The van der Waals surface area contributed by atoms with Gasteiger partial charge in [-0.15, -0.1) is 0 Å². The Morgan fingerprint density at radius 3 is 2.28 bits per heavy atom. The van der Waals surface area contributed by atoms with Crippen LogP contribution in [0, 0.1) is 17.1 Å². The molecule has 0 atom stereocenters. The van der Waals surface area contributed by atoms with Gasteiger partial charge in [-0.1, -0.05) is 12.8 Å². The van der Waals surface area contributed by atoms with Crippen molar-refractivity contribution >= 4 is 46.6 Å². The Balaban J connectivity index is 1.33. The van der Waals surface area contributed by atoms with Crippen LogP contribution in [-0.4, -0.2) is 82.7 Å².